The first-order valence-electron chi connectivity index (χ1n) is 10.7. The largest absolute Gasteiger partial charge is 0.469 e. The Morgan fingerprint density at radius 2 is 1.88 bits per heavy atom. The molecule has 2 atom stereocenters. The maximum atomic E-state index is 12.6. The van der Waals surface area contributed by atoms with Crippen molar-refractivity contribution in [3.8, 4) is 0 Å². The van der Waals surface area contributed by atoms with E-state index in [0.29, 0.717) is 34.2 Å². The van der Waals surface area contributed by atoms with Crippen LogP contribution in [0.15, 0.2) is 24.3 Å². The lowest BCUT2D eigenvalue weighted by atomic mass is 9.89. The van der Waals surface area contributed by atoms with E-state index in [1.54, 1.807) is 24.3 Å². The molecule has 3 heterocycles. The summed E-state index contributed by atoms with van der Waals surface area (Å²) in [4.78, 5) is 40.6. The SMILES string of the molecule is COC(=O)C(C)(C)CN1C2CCC1c1sc(NC(=O)Nc3ccc(Cl)cc3)c(C(N)=O)c1C2.Cl. The third-order valence-corrected chi connectivity index (χ3v) is 7.82. The molecule has 2 bridgehead atoms. The van der Waals surface area contributed by atoms with Gasteiger partial charge in [-0.05, 0) is 62.9 Å². The smallest absolute Gasteiger partial charge is 0.324 e. The highest BCUT2D eigenvalue weighted by Gasteiger charge is 2.46. The number of amides is 3. The minimum atomic E-state index is -0.656. The zero-order chi connectivity index (χ0) is 23.9. The third-order valence-electron chi connectivity index (χ3n) is 6.31. The zero-order valence-corrected chi connectivity index (χ0v) is 21.5. The van der Waals surface area contributed by atoms with Crippen LogP contribution in [0.3, 0.4) is 0 Å². The number of nitrogens with one attached hydrogen (secondary N) is 2. The van der Waals surface area contributed by atoms with Crippen molar-refractivity contribution in [3.63, 3.8) is 0 Å². The number of rotatable bonds is 6. The summed E-state index contributed by atoms with van der Waals surface area (Å²) in [5.41, 5.74) is 6.95. The predicted octanol–water partition coefficient (Wildman–Crippen LogP) is 4.83. The number of nitrogens with zero attached hydrogens (tertiary/aromatic N) is 1. The van der Waals surface area contributed by atoms with Gasteiger partial charge in [0.15, 0.2) is 0 Å². The van der Waals surface area contributed by atoms with Crippen molar-refractivity contribution in [2.45, 2.75) is 45.2 Å². The van der Waals surface area contributed by atoms with Crippen LogP contribution in [0.4, 0.5) is 15.5 Å². The van der Waals surface area contributed by atoms with Gasteiger partial charge in [0, 0.05) is 34.2 Å². The van der Waals surface area contributed by atoms with Crippen LogP contribution in [0, 0.1) is 5.41 Å². The Labute approximate surface area is 213 Å². The number of nitrogens with two attached hydrogens (primary N) is 1. The molecule has 1 aromatic carbocycles. The fourth-order valence-corrected chi connectivity index (χ4v) is 6.32. The van der Waals surface area contributed by atoms with E-state index in [2.05, 4.69) is 15.5 Å². The Balaban J connectivity index is 0.00000324. The van der Waals surface area contributed by atoms with Crippen LogP contribution < -0.4 is 16.4 Å². The lowest BCUT2D eigenvalue weighted by Gasteiger charge is -2.39. The van der Waals surface area contributed by atoms with E-state index in [-0.39, 0.29) is 30.5 Å². The lowest BCUT2D eigenvalue weighted by molar-refractivity contribution is -0.152. The summed E-state index contributed by atoms with van der Waals surface area (Å²) < 4.78 is 4.98. The number of ether oxygens (including phenoxy) is 1. The Kier molecular flexibility index (Phi) is 7.82. The standard InChI is InChI=1S/C23H27ClN4O4S.ClH/c1-23(2,21(30)32-3)11-28-14-8-9-16(28)18-15(10-14)17(19(25)29)20(33-18)27-22(31)26-13-6-4-12(24)5-7-13;/h4-7,14,16H,8-11H2,1-3H3,(H2,25,29)(H2,26,27,31);1H. The molecular formula is C23H28Cl2N4O4S. The number of urea groups is 1. The Bertz CT molecular complexity index is 1100. The molecule has 1 saturated heterocycles. The number of fused-ring (bicyclic) bond motifs is 4. The molecule has 4 N–H and O–H groups in total. The van der Waals surface area contributed by atoms with Crippen LogP contribution in [-0.4, -0.2) is 42.5 Å². The third kappa shape index (κ3) is 5.02. The maximum Gasteiger partial charge on any atom is 0.324 e. The summed E-state index contributed by atoms with van der Waals surface area (Å²) in [7, 11) is 1.40. The molecule has 0 radical (unpaired) electrons. The van der Waals surface area contributed by atoms with Crippen molar-refractivity contribution in [3.05, 3.63) is 45.3 Å². The number of primary amides is 1. The van der Waals surface area contributed by atoms with E-state index in [1.807, 2.05) is 13.8 Å². The van der Waals surface area contributed by atoms with E-state index in [4.69, 9.17) is 22.1 Å². The number of carbonyl (C=O) groups is 3. The monoisotopic (exact) mass is 526 g/mol. The quantitative estimate of drug-likeness (QED) is 0.466. The number of benzene rings is 1. The number of esters is 1. The van der Waals surface area contributed by atoms with Gasteiger partial charge in [-0.1, -0.05) is 11.6 Å². The van der Waals surface area contributed by atoms with Crippen LogP contribution in [-0.2, 0) is 16.0 Å². The summed E-state index contributed by atoms with van der Waals surface area (Å²) >= 11 is 7.28. The number of halogens is 2. The molecule has 0 spiro atoms. The molecular weight excluding hydrogens is 499 g/mol. The van der Waals surface area contributed by atoms with Gasteiger partial charge in [-0.2, -0.15) is 0 Å². The van der Waals surface area contributed by atoms with Crippen molar-refractivity contribution in [1.82, 2.24) is 4.90 Å². The van der Waals surface area contributed by atoms with E-state index < -0.39 is 17.4 Å². The van der Waals surface area contributed by atoms with Gasteiger partial charge in [0.1, 0.15) is 5.00 Å². The number of methoxy groups -OCH3 is 1. The first-order chi connectivity index (χ1) is 15.6. The van der Waals surface area contributed by atoms with Crippen molar-refractivity contribution < 1.29 is 19.1 Å². The van der Waals surface area contributed by atoms with Crippen molar-refractivity contribution in [1.29, 1.82) is 0 Å². The van der Waals surface area contributed by atoms with Crippen molar-refractivity contribution >= 4 is 63.9 Å². The summed E-state index contributed by atoms with van der Waals surface area (Å²) in [6, 6.07) is 6.54. The van der Waals surface area contributed by atoms with Gasteiger partial charge < -0.3 is 15.8 Å². The summed E-state index contributed by atoms with van der Waals surface area (Å²) in [6.45, 7) is 4.31. The van der Waals surface area contributed by atoms with Gasteiger partial charge in [0.25, 0.3) is 5.91 Å². The molecule has 11 heteroatoms. The minimum absolute atomic E-state index is 0. The van der Waals surface area contributed by atoms with Crippen LogP contribution in [0.1, 0.15) is 53.5 Å². The van der Waals surface area contributed by atoms with E-state index in [0.717, 1.165) is 23.3 Å². The van der Waals surface area contributed by atoms with Gasteiger partial charge in [0.05, 0.1) is 18.1 Å². The lowest BCUT2D eigenvalue weighted by Crippen LogP contribution is -2.45. The summed E-state index contributed by atoms with van der Waals surface area (Å²) in [6.07, 6.45) is 2.55. The summed E-state index contributed by atoms with van der Waals surface area (Å²) in [5.74, 6) is -0.810. The molecule has 0 saturated carbocycles. The van der Waals surface area contributed by atoms with E-state index in [1.165, 1.54) is 18.4 Å². The second kappa shape index (κ2) is 10.1. The Morgan fingerprint density at radius 1 is 1.21 bits per heavy atom. The van der Waals surface area contributed by atoms with Crippen molar-refractivity contribution in [2.75, 3.05) is 24.3 Å². The molecule has 2 unspecified atom stereocenters. The maximum absolute atomic E-state index is 12.6. The molecule has 2 aliphatic rings. The summed E-state index contributed by atoms with van der Waals surface area (Å²) in [5, 5.41) is 6.56. The van der Waals surface area contributed by atoms with Crippen LogP contribution in [0.25, 0.3) is 0 Å². The molecule has 3 amide bonds. The van der Waals surface area contributed by atoms with Gasteiger partial charge >= 0.3 is 12.0 Å². The van der Waals surface area contributed by atoms with Crippen LogP contribution in [0.5, 0.6) is 0 Å². The highest BCUT2D eigenvalue weighted by atomic mass is 35.5. The zero-order valence-electron chi connectivity index (χ0n) is 19.1. The number of hydrogen-bond donors (Lipinski definition) is 3. The average molecular weight is 527 g/mol. The topological polar surface area (TPSA) is 114 Å². The highest BCUT2D eigenvalue weighted by molar-refractivity contribution is 7.17. The molecule has 184 valence electrons. The molecule has 0 aliphatic carbocycles. The second-order valence-corrected chi connectivity index (χ2v) is 10.6. The molecule has 1 fully saturated rings. The first kappa shape index (κ1) is 26.3. The van der Waals surface area contributed by atoms with E-state index >= 15 is 0 Å². The fourth-order valence-electron chi connectivity index (χ4n) is 4.81. The minimum Gasteiger partial charge on any atom is -0.469 e. The van der Waals surface area contributed by atoms with Crippen molar-refractivity contribution in [2.24, 2.45) is 11.1 Å². The molecule has 4 rings (SSSR count). The molecule has 2 aromatic rings. The van der Waals surface area contributed by atoms with Gasteiger partial charge in [-0.15, -0.1) is 23.7 Å². The number of carbonyl (C=O) groups excluding carboxylic acids is 3. The molecule has 1 aromatic heterocycles. The molecule has 8 nitrogen and oxygen atoms in total. The van der Waals surface area contributed by atoms with Crippen LogP contribution in [0.2, 0.25) is 5.02 Å². The number of anilines is 2. The van der Waals surface area contributed by atoms with Gasteiger partial charge in [-0.25, -0.2) is 4.79 Å². The van der Waals surface area contributed by atoms with Gasteiger partial charge in [0.2, 0.25) is 0 Å². The normalized spacial score (nSPS) is 19.1. The van der Waals surface area contributed by atoms with Crippen LogP contribution >= 0.6 is 35.3 Å². The average Bonchev–Trinajstić information content (AvgIpc) is 3.24. The highest BCUT2D eigenvalue weighted by Crippen LogP contribution is 2.51. The number of hydrogen-bond acceptors (Lipinski definition) is 6. The molecule has 2 aliphatic heterocycles. The predicted molar refractivity (Wildman–Crippen MR) is 136 cm³/mol. The Morgan fingerprint density at radius 3 is 2.50 bits per heavy atom. The fraction of sp³-hybridized carbons (Fsp3) is 0.435. The van der Waals surface area contributed by atoms with E-state index in [9.17, 15) is 14.4 Å². The molecule has 34 heavy (non-hydrogen) atoms. The van der Waals surface area contributed by atoms with Gasteiger partial charge in [-0.3, -0.25) is 19.8 Å². The second-order valence-electron chi connectivity index (χ2n) is 9.10. The number of thiophene rings is 1. The Hall–Kier alpha value is -2.33. The first-order valence-corrected chi connectivity index (χ1v) is 11.9.